The first-order chi connectivity index (χ1) is 11.9. The van der Waals surface area contributed by atoms with Crippen molar-refractivity contribution in [3.8, 4) is 11.3 Å². The summed E-state index contributed by atoms with van der Waals surface area (Å²) in [4.78, 5) is 22.7. The summed E-state index contributed by atoms with van der Waals surface area (Å²) < 4.78 is 5.31. The van der Waals surface area contributed by atoms with Gasteiger partial charge in [0.2, 0.25) is 11.7 Å². The molecule has 3 N–H and O–H groups in total. The second kappa shape index (κ2) is 8.43. The van der Waals surface area contributed by atoms with Gasteiger partial charge in [0.05, 0.1) is 0 Å². The number of amides is 1. The van der Waals surface area contributed by atoms with Crippen LogP contribution in [0.3, 0.4) is 0 Å². The molecule has 1 amide bonds. The lowest BCUT2D eigenvalue weighted by Crippen LogP contribution is -2.34. The SMILES string of the molecule is CCCCC(=O)NC(=S)Nc1cc(-c2ccc(C(=O)O)o2)ccc1C. The van der Waals surface area contributed by atoms with Crippen molar-refractivity contribution in [2.45, 2.75) is 33.1 Å². The van der Waals surface area contributed by atoms with E-state index in [2.05, 4.69) is 10.6 Å². The zero-order chi connectivity index (χ0) is 18.4. The zero-order valence-corrected chi connectivity index (χ0v) is 14.9. The molecule has 0 fully saturated rings. The summed E-state index contributed by atoms with van der Waals surface area (Å²) in [6, 6.07) is 8.49. The Morgan fingerprint density at radius 3 is 2.64 bits per heavy atom. The van der Waals surface area contributed by atoms with Crippen LogP contribution < -0.4 is 10.6 Å². The van der Waals surface area contributed by atoms with Crippen molar-refractivity contribution < 1.29 is 19.1 Å². The molecule has 0 radical (unpaired) electrons. The minimum absolute atomic E-state index is 0.120. The number of aryl methyl sites for hydroxylation is 1. The van der Waals surface area contributed by atoms with Crippen LogP contribution in [0.1, 0.15) is 42.3 Å². The summed E-state index contributed by atoms with van der Waals surface area (Å²) in [5.41, 5.74) is 2.35. The Bertz CT molecular complexity index is 798. The van der Waals surface area contributed by atoms with Gasteiger partial charge < -0.3 is 20.2 Å². The van der Waals surface area contributed by atoms with Crippen molar-refractivity contribution in [2.75, 3.05) is 5.32 Å². The van der Waals surface area contributed by atoms with Gasteiger partial charge in [0.15, 0.2) is 5.11 Å². The van der Waals surface area contributed by atoms with E-state index in [1.54, 1.807) is 12.1 Å². The molecule has 25 heavy (non-hydrogen) atoms. The largest absolute Gasteiger partial charge is 0.475 e. The maximum absolute atomic E-state index is 11.7. The van der Waals surface area contributed by atoms with Gasteiger partial charge in [0.1, 0.15) is 5.76 Å². The number of benzene rings is 1. The normalized spacial score (nSPS) is 10.3. The Kier molecular flexibility index (Phi) is 6.30. The molecule has 6 nitrogen and oxygen atoms in total. The third kappa shape index (κ3) is 5.15. The number of carboxylic acid groups (broad SMARTS) is 1. The molecule has 0 aliphatic rings. The van der Waals surface area contributed by atoms with E-state index in [1.807, 2.05) is 26.0 Å². The van der Waals surface area contributed by atoms with Gasteiger partial charge in [-0.2, -0.15) is 0 Å². The lowest BCUT2D eigenvalue weighted by Gasteiger charge is -2.12. The molecule has 1 aromatic heterocycles. The van der Waals surface area contributed by atoms with Crippen LogP contribution in [-0.4, -0.2) is 22.1 Å². The highest BCUT2D eigenvalue weighted by molar-refractivity contribution is 7.80. The number of unbranched alkanes of at least 4 members (excludes halogenated alkanes) is 1. The molecule has 7 heteroatoms. The molecule has 2 aromatic rings. The van der Waals surface area contributed by atoms with Crippen molar-refractivity contribution in [3.05, 3.63) is 41.7 Å². The predicted molar refractivity (Wildman–Crippen MR) is 99.7 cm³/mol. The Morgan fingerprint density at radius 2 is 2.00 bits per heavy atom. The maximum atomic E-state index is 11.7. The Labute approximate surface area is 151 Å². The van der Waals surface area contributed by atoms with Gasteiger partial charge in [-0.25, -0.2) is 4.79 Å². The molecule has 0 atom stereocenters. The van der Waals surface area contributed by atoms with Crippen molar-refractivity contribution in [2.24, 2.45) is 0 Å². The minimum atomic E-state index is -1.12. The second-order valence-electron chi connectivity index (χ2n) is 5.60. The summed E-state index contributed by atoms with van der Waals surface area (Å²) in [7, 11) is 0. The van der Waals surface area contributed by atoms with Gasteiger partial charge >= 0.3 is 5.97 Å². The van der Waals surface area contributed by atoms with E-state index in [0.717, 1.165) is 18.4 Å². The molecule has 1 heterocycles. The Morgan fingerprint density at radius 1 is 1.24 bits per heavy atom. The Balaban J connectivity index is 2.11. The first-order valence-corrected chi connectivity index (χ1v) is 8.36. The number of hydrogen-bond donors (Lipinski definition) is 3. The monoisotopic (exact) mass is 360 g/mol. The molecule has 132 valence electrons. The summed E-state index contributed by atoms with van der Waals surface area (Å²) >= 11 is 5.18. The van der Waals surface area contributed by atoms with Crippen LogP contribution in [0, 0.1) is 6.92 Å². The number of rotatable bonds is 6. The highest BCUT2D eigenvalue weighted by Gasteiger charge is 2.12. The summed E-state index contributed by atoms with van der Waals surface area (Å²) in [5, 5.41) is 14.8. The fraction of sp³-hybridized carbons (Fsp3) is 0.278. The van der Waals surface area contributed by atoms with E-state index in [-0.39, 0.29) is 16.8 Å². The molecular weight excluding hydrogens is 340 g/mol. The van der Waals surface area contributed by atoms with Crippen molar-refractivity contribution in [1.82, 2.24) is 5.32 Å². The van der Waals surface area contributed by atoms with Gasteiger partial charge in [-0.3, -0.25) is 4.79 Å². The summed E-state index contributed by atoms with van der Waals surface area (Å²) in [6.07, 6.45) is 2.19. The highest BCUT2D eigenvalue weighted by Crippen LogP contribution is 2.27. The van der Waals surface area contributed by atoms with Gasteiger partial charge in [-0.15, -0.1) is 0 Å². The van der Waals surface area contributed by atoms with Gasteiger partial charge in [0.25, 0.3) is 0 Å². The number of hydrogen-bond acceptors (Lipinski definition) is 4. The molecular formula is C18H20N2O4S. The fourth-order valence-electron chi connectivity index (χ4n) is 2.20. The fourth-order valence-corrected chi connectivity index (χ4v) is 2.42. The second-order valence-corrected chi connectivity index (χ2v) is 6.01. The zero-order valence-electron chi connectivity index (χ0n) is 14.1. The van der Waals surface area contributed by atoms with Crippen LogP contribution in [0.4, 0.5) is 5.69 Å². The van der Waals surface area contributed by atoms with E-state index in [4.69, 9.17) is 21.7 Å². The van der Waals surface area contributed by atoms with Crippen molar-refractivity contribution in [3.63, 3.8) is 0 Å². The van der Waals surface area contributed by atoms with E-state index in [1.165, 1.54) is 6.07 Å². The first-order valence-electron chi connectivity index (χ1n) is 7.95. The third-order valence-electron chi connectivity index (χ3n) is 3.60. The predicted octanol–water partition coefficient (Wildman–Crippen LogP) is 3.96. The quantitative estimate of drug-likeness (QED) is 0.676. The number of carboxylic acids is 1. The van der Waals surface area contributed by atoms with Crippen LogP contribution >= 0.6 is 12.2 Å². The molecule has 0 saturated heterocycles. The van der Waals surface area contributed by atoms with E-state index in [9.17, 15) is 9.59 Å². The van der Waals surface area contributed by atoms with Crippen LogP contribution in [0.2, 0.25) is 0 Å². The first kappa shape index (κ1) is 18.7. The number of anilines is 1. The summed E-state index contributed by atoms with van der Waals surface area (Å²) in [5.74, 6) is -0.917. The van der Waals surface area contributed by atoms with Crippen LogP contribution in [0.25, 0.3) is 11.3 Å². The average Bonchev–Trinajstić information content (AvgIpc) is 3.05. The Hall–Kier alpha value is -2.67. The number of nitrogens with one attached hydrogen (secondary N) is 2. The van der Waals surface area contributed by atoms with Gasteiger partial charge in [-0.1, -0.05) is 25.5 Å². The molecule has 0 spiro atoms. The number of thiocarbonyl (C=S) groups is 1. The number of furan rings is 1. The topological polar surface area (TPSA) is 91.6 Å². The number of aromatic carboxylic acids is 1. The average molecular weight is 360 g/mol. The number of carbonyl (C=O) groups is 2. The smallest absolute Gasteiger partial charge is 0.371 e. The van der Waals surface area contributed by atoms with Gasteiger partial charge in [0, 0.05) is 17.7 Å². The van der Waals surface area contributed by atoms with Crippen LogP contribution in [0.15, 0.2) is 34.7 Å². The van der Waals surface area contributed by atoms with Crippen molar-refractivity contribution >= 4 is 34.9 Å². The number of carbonyl (C=O) groups excluding carboxylic acids is 1. The summed E-state index contributed by atoms with van der Waals surface area (Å²) in [6.45, 7) is 3.92. The molecule has 2 rings (SSSR count). The molecule has 1 aromatic carbocycles. The standard InChI is InChI=1S/C18H20N2O4S/c1-3-4-5-16(21)20-18(25)19-13-10-12(7-6-11(13)2)14-8-9-15(24-14)17(22)23/h6-10H,3-5H2,1-2H3,(H,22,23)(H2,19,20,21,25). The maximum Gasteiger partial charge on any atom is 0.371 e. The molecule has 0 aliphatic carbocycles. The molecule has 0 aliphatic heterocycles. The highest BCUT2D eigenvalue weighted by atomic mass is 32.1. The molecule has 0 unspecified atom stereocenters. The van der Waals surface area contributed by atoms with E-state index < -0.39 is 5.97 Å². The van der Waals surface area contributed by atoms with Crippen molar-refractivity contribution in [1.29, 1.82) is 0 Å². The van der Waals surface area contributed by atoms with Gasteiger partial charge in [-0.05, 0) is 49.3 Å². The van der Waals surface area contributed by atoms with E-state index in [0.29, 0.717) is 23.4 Å². The lowest BCUT2D eigenvalue weighted by atomic mass is 10.1. The molecule has 0 saturated carbocycles. The minimum Gasteiger partial charge on any atom is -0.475 e. The van der Waals surface area contributed by atoms with E-state index >= 15 is 0 Å². The lowest BCUT2D eigenvalue weighted by molar-refractivity contribution is -0.119. The van der Waals surface area contributed by atoms with Crippen LogP contribution in [0.5, 0.6) is 0 Å². The third-order valence-corrected chi connectivity index (χ3v) is 3.80. The van der Waals surface area contributed by atoms with Crippen LogP contribution in [-0.2, 0) is 4.79 Å². The molecule has 0 bridgehead atoms.